The van der Waals surface area contributed by atoms with Gasteiger partial charge in [-0.15, -0.1) is 0 Å². The molecule has 3 rings (SSSR count). The van der Waals surface area contributed by atoms with E-state index >= 15 is 0 Å². The van der Waals surface area contributed by atoms with E-state index in [0.29, 0.717) is 18.2 Å². The molecular formula is C21H23FN2O2. The van der Waals surface area contributed by atoms with Crippen molar-refractivity contribution >= 4 is 23.2 Å². The highest BCUT2D eigenvalue weighted by Gasteiger charge is 2.35. The third-order valence-corrected chi connectivity index (χ3v) is 4.99. The van der Waals surface area contributed by atoms with Crippen LogP contribution >= 0.6 is 0 Å². The molecule has 2 aromatic carbocycles. The molecule has 2 atom stereocenters. The fourth-order valence-electron chi connectivity index (χ4n) is 3.13. The SMILES string of the molecule is CCC(C)c1ccc(NC(=O)C2CC(=O)N(c3ccc(F)cc3)C2)cc1. The minimum absolute atomic E-state index is 0.121. The maximum Gasteiger partial charge on any atom is 0.229 e. The molecule has 1 aliphatic rings. The second-order valence-electron chi connectivity index (χ2n) is 6.80. The van der Waals surface area contributed by atoms with E-state index in [1.807, 2.05) is 24.3 Å². The Hall–Kier alpha value is -2.69. The van der Waals surface area contributed by atoms with E-state index in [2.05, 4.69) is 19.2 Å². The van der Waals surface area contributed by atoms with Crippen LogP contribution in [0.1, 0.15) is 38.2 Å². The Kier molecular flexibility index (Phi) is 5.35. The van der Waals surface area contributed by atoms with E-state index in [9.17, 15) is 14.0 Å². The lowest BCUT2D eigenvalue weighted by Crippen LogP contribution is -2.28. The van der Waals surface area contributed by atoms with E-state index in [1.54, 1.807) is 12.1 Å². The average molecular weight is 354 g/mol. The third-order valence-electron chi connectivity index (χ3n) is 4.99. The minimum atomic E-state index is -0.415. The first-order valence-corrected chi connectivity index (χ1v) is 8.94. The largest absolute Gasteiger partial charge is 0.326 e. The van der Waals surface area contributed by atoms with Crippen LogP contribution in [0.5, 0.6) is 0 Å². The normalized spacial score (nSPS) is 18.0. The molecule has 0 saturated carbocycles. The van der Waals surface area contributed by atoms with Gasteiger partial charge in [0.25, 0.3) is 0 Å². The van der Waals surface area contributed by atoms with Gasteiger partial charge in [0, 0.05) is 24.3 Å². The lowest BCUT2D eigenvalue weighted by atomic mass is 9.98. The van der Waals surface area contributed by atoms with Crippen LogP contribution in [0.4, 0.5) is 15.8 Å². The van der Waals surface area contributed by atoms with Crippen molar-refractivity contribution in [2.24, 2.45) is 5.92 Å². The first-order chi connectivity index (χ1) is 12.5. The number of halogens is 1. The second-order valence-corrected chi connectivity index (χ2v) is 6.80. The van der Waals surface area contributed by atoms with Crippen LogP contribution < -0.4 is 10.2 Å². The first-order valence-electron chi connectivity index (χ1n) is 8.94. The van der Waals surface area contributed by atoms with E-state index < -0.39 is 5.92 Å². The Morgan fingerprint density at radius 1 is 1.19 bits per heavy atom. The van der Waals surface area contributed by atoms with Gasteiger partial charge in [0.15, 0.2) is 0 Å². The van der Waals surface area contributed by atoms with Gasteiger partial charge < -0.3 is 10.2 Å². The summed E-state index contributed by atoms with van der Waals surface area (Å²) >= 11 is 0. The van der Waals surface area contributed by atoms with E-state index in [1.165, 1.54) is 22.6 Å². The molecule has 1 heterocycles. The Morgan fingerprint density at radius 3 is 2.46 bits per heavy atom. The van der Waals surface area contributed by atoms with Crippen LogP contribution in [-0.2, 0) is 9.59 Å². The molecule has 0 aromatic heterocycles. The Bertz CT molecular complexity index is 787. The van der Waals surface area contributed by atoms with Crippen molar-refractivity contribution < 1.29 is 14.0 Å². The van der Waals surface area contributed by atoms with Gasteiger partial charge in [-0.25, -0.2) is 4.39 Å². The fraction of sp³-hybridized carbons (Fsp3) is 0.333. The summed E-state index contributed by atoms with van der Waals surface area (Å²) in [5.74, 6) is -0.572. The average Bonchev–Trinajstić information content (AvgIpc) is 3.04. The molecule has 0 bridgehead atoms. The lowest BCUT2D eigenvalue weighted by Gasteiger charge is -2.17. The molecule has 0 spiro atoms. The summed E-state index contributed by atoms with van der Waals surface area (Å²) in [7, 11) is 0. The predicted octanol–water partition coefficient (Wildman–Crippen LogP) is 4.33. The zero-order valence-corrected chi connectivity index (χ0v) is 15.0. The molecular weight excluding hydrogens is 331 g/mol. The number of carbonyl (C=O) groups excluding carboxylic acids is 2. The van der Waals surface area contributed by atoms with Gasteiger partial charge in [0.05, 0.1) is 5.92 Å². The van der Waals surface area contributed by atoms with Gasteiger partial charge in [-0.3, -0.25) is 9.59 Å². The maximum atomic E-state index is 13.1. The number of hydrogen-bond donors (Lipinski definition) is 1. The maximum absolute atomic E-state index is 13.1. The van der Waals surface area contributed by atoms with Crippen molar-refractivity contribution in [2.75, 3.05) is 16.8 Å². The Balaban J connectivity index is 1.63. The highest BCUT2D eigenvalue weighted by molar-refractivity contribution is 6.03. The van der Waals surface area contributed by atoms with Gasteiger partial charge >= 0.3 is 0 Å². The summed E-state index contributed by atoms with van der Waals surface area (Å²) in [6, 6.07) is 13.6. The zero-order valence-electron chi connectivity index (χ0n) is 15.0. The number of rotatable bonds is 5. The number of hydrogen-bond acceptors (Lipinski definition) is 2. The zero-order chi connectivity index (χ0) is 18.7. The number of benzene rings is 2. The molecule has 26 heavy (non-hydrogen) atoms. The van der Waals surface area contributed by atoms with Crippen LogP contribution in [0.3, 0.4) is 0 Å². The van der Waals surface area contributed by atoms with Crippen LogP contribution in [0.15, 0.2) is 48.5 Å². The van der Waals surface area contributed by atoms with Crippen molar-refractivity contribution in [1.29, 1.82) is 0 Å². The van der Waals surface area contributed by atoms with E-state index in [4.69, 9.17) is 0 Å². The van der Waals surface area contributed by atoms with Crippen molar-refractivity contribution in [3.8, 4) is 0 Å². The molecule has 0 aliphatic carbocycles. The number of amides is 2. The molecule has 1 N–H and O–H groups in total. The number of carbonyl (C=O) groups is 2. The molecule has 136 valence electrons. The quantitative estimate of drug-likeness (QED) is 0.869. The molecule has 2 aromatic rings. The highest BCUT2D eigenvalue weighted by Crippen LogP contribution is 2.27. The van der Waals surface area contributed by atoms with Crippen LogP contribution in [0, 0.1) is 11.7 Å². The molecule has 2 amide bonds. The number of anilines is 2. The summed E-state index contributed by atoms with van der Waals surface area (Å²) in [6.07, 6.45) is 1.23. The first kappa shape index (κ1) is 18.1. The minimum Gasteiger partial charge on any atom is -0.326 e. The summed E-state index contributed by atoms with van der Waals surface area (Å²) in [6.45, 7) is 4.62. The van der Waals surface area contributed by atoms with Crippen molar-refractivity contribution in [1.82, 2.24) is 0 Å². The van der Waals surface area contributed by atoms with E-state index in [0.717, 1.165) is 12.1 Å². The molecule has 1 fully saturated rings. The van der Waals surface area contributed by atoms with Gasteiger partial charge in [-0.1, -0.05) is 26.0 Å². The summed E-state index contributed by atoms with van der Waals surface area (Å²) in [5.41, 5.74) is 2.59. The fourth-order valence-corrected chi connectivity index (χ4v) is 3.13. The molecule has 4 nitrogen and oxygen atoms in total. The van der Waals surface area contributed by atoms with Crippen LogP contribution in [0.25, 0.3) is 0 Å². The Labute approximate surface area is 153 Å². The van der Waals surface area contributed by atoms with E-state index in [-0.39, 0.29) is 24.1 Å². The summed E-state index contributed by atoms with van der Waals surface area (Å²) in [5, 5.41) is 2.89. The van der Waals surface area contributed by atoms with Crippen molar-refractivity contribution in [3.05, 3.63) is 59.9 Å². The number of nitrogens with zero attached hydrogens (tertiary/aromatic N) is 1. The number of nitrogens with one attached hydrogen (secondary N) is 1. The molecule has 2 unspecified atom stereocenters. The third kappa shape index (κ3) is 3.93. The second kappa shape index (κ2) is 7.68. The Morgan fingerprint density at radius 2 is 1.85 bits per heavy atom. The predicted molar refractivity (Wildman–Crippen MR) is 101 cm³/mol. The van der Waals surface area contributed by atoms with Gasteiger partial charge in [-0.2, -0.15) is 0 Å². The van der Waals surface area contributed by atoms with Crippen molar-refractivity contribution in [2.45, 2.75) is 32.6 Å². The highest BCUT2D eigenvalue weighted by atomic mass is 19.1. The van der Waals surface area contributed by atoms with Gasteiger partial charge in [0.2, 0.25) is 11.8 Å². The smallest absolute Gasteiger partial charge is 0.229 e. The van der Waals surface area contributed by atoms with Crippen molar-refractivity contribution in [3.63, 3.8) is 0 Å². The standard InChI is InChI=1S/C21H23FN2O2/c1-3-14(2)15-4-8-18(9-5-15)23-21(26)16-12-20(25)24(13-16)19-10-6-17(22)7-11-19/h4-11,14,16H,3,12-13H2,1-2H3,(H,23,26). The molecule has 0 radical (unpaired) electrons. The molecule has 5 heteroatoms. The van der Waals surface area contributed by atoms with Crippen LogP contribution in [-0.4, -0.2) is 18.4 Å². The lowest BCUT2D eigenvalue weighted by molar-refractivity contribution is -0.122. The molecule has 1 saturated heterocycles. The summed E-state index contributed by atoms with van der Waals surface area (Å²) < 4.78 is 13.1. The van der Waals surface area contributed by atoms with Gasteiger partial charge in [0.1, 0.15) is 5.82 Å². The monoisotopic (exact) mass is 354 g/mol. The van der Waals surface area contributed by atoms with Crippen LogP contribution in [0.2, 0.25) is 0 Å². The molecule has 1 aliphatic heterocycles. The topological polar surface area (TPSA) is 49.4 Å². The van der Waals surface area contributed by atoms with Gasteiger partial charge in [-0.05, 0) is 54.3 Å². The summed E-state index contributed by atoms with van der Waals surface area (Å²) in [4.78, 5) is 26.3.